The van der Waals surface area contributed by atoms with Crippen molar-refractivity contribution in [2.24, 2.45) is 0 Å². The minimum absolute atomic E-state index is 0.176. The number of nitrogens with one attached hydrogen (secondary N) is 2. The number of carbonyl (C=O) groups excluding carboxylic acids is 1. The van der Waals surface area contributed by atoms with E-state index in [1.54, 1.807) is 18.0 Å². The molecular formula is C29H27N5O2S. The van der Waals surface area contributed by atoms with Gasteiger partial charge in [-0.05, 0) is 83.9 Å². The van der Waals surface area contributed by atoms with Crippen molar-refractivity contribution in [3.8, 4) is 11.4 Å². The molecule has 0 bridgehead atoms. The molecule has 37 heavy (non-hydrogen) atoms. The van der Waals surface area contributed by atoms with E-state index >= 15 is 0 Å². The number of carbonyl (C=O) groups is 1. The molecule has 0 radical (unpaired) electrons. The molecule has 0 fully saturated rings. The van der Waals surface area contributed by atoms with Gasteiger partial charge in [-0.3, -0.25) is 10.1 Å². The number of hydrogen-bond acceptors (Lipinski definition) is 5. The smallest absolute Gasteiger partial charge is 0.261 e. The highest BCUT2D eigenvalue weighted by atomic mass is 32.1. The van der Waals surface area contributed by atoms with E-state index in [4.69, 9.17) is 17.0 Å². The van der Waals surface area contributed by atoms with Gasteiger partial charge in [-0.25, -0.2) is 0 Å². The van der Waals surface area contributed by atoms with Crippen LogP contribution in [0.15, 0.2) is 78.9 Å². The fourth-order valence-electron chi connectivity index (χ4n) is 4.18. The van der Waals surface area contributed by atoms with Crippen LogP contribution in [0.25, 0.3) is 27.5 Å². The Morgan fingerprint density at radius 3 is 2.41 bits per heavy atom. The molecule has 2 N–H and O–H groups in total. The van der Waals surface area contributed by atoms with Gasteiger partial charge in [-0.1, -0.05) is 49.7 Å². The summed E-state index contributed by atoms with van der Waals surface area (Å²) in [5.41, 5.74) is 4.79. The molecule has 0 aliphatic rings. The van der Waals surface area contributed by atoms with Crippen molar-refractivity contribution in [3.63, 3.8) is 0 Å². The average molecular weight is 510 g/mol. The molecule has 1 heterocycles. The summed E-state index contributed by atoms with van der Waals surface area (Å²) in [5, 5.41) is 17.1. The Hall–Kier alpha value is -4.30. The molecule has 1 amide bonds. The second-order valence-corrected chi connectivity index (χ2v) is 9.18. The fraction of sp³-hybridized carbons (Fsp3) is 0.172. The number of anilines is 1. The molecule has 7 nitrogen and oxygen atoms in total. The molecule has 0 saturated heterocycles. The van der Waals surface area contributed by atoms with E-state index in [0.29, 0.717) is 22.5 Å². The number of rotatable bonds is 7. The molecule has 0 aliphatic carbocycles. The number of methoxy groups -OCH3 is 1. The number of ether oxygens (including phenoxy) is 1. The van der Waals surface area contributed by atoms with Crippen LogP contribution in [-0.2, 0) is 6.42 Å². The van der Waals surface area contributed by atoms with Gasteiger partial charge in [-0.15, -0.1) is 10.2 Å². The van der Waals surface area contributed by atoms with Crippen LogP contribution >= 0.6 is 12.2 Å². The summed E-state index contributed by atoms with van der Waals surface area (Å²) in [6.45, 7) is 2.19. The van der Waals surface area contributed by atoms with Crippen LogP contribution in [-0.4, -0.2) is 33.1 Å². The van der Waals surface area contributed by atoms with Gasteiger partial charge in [0.1, 0.15) is 16.8 Å². The minimum Gasteiger partial charge on any atom is -0.496 e. The molecule has 1 aromatic heterocycles. The summed E-state index contributed by atoms with van der Waals surface area (Å²) < 4.78 is 5.44. The number of fused-ring (bicyclic) bond motifs is 2. The first kappa shape index (κ1) is 24.4. The molecule has 0 saturated carbocycles. The zero-order chi connectivity index (χ0) is 25.8. The third-order valence-corrected chi connectivity index (χ3v) is 6.37. The lowest BCUT2D eigenvalue weighted by Gasteiger charge is -2.12. The van der Waals surface area contributed by atoms with Crippen LogP contribution in [0.2, 0.25) is 0 Å². The zero-order valence-electron chi connectivity index (χ0n) is 20.7. The van der Waals surface area contributed by atoms with Gasteiger partial charge in [0.15, 0.2) is 5.11 Å². The molecule has 0 spiro atoms. The number of aryl methyl sites for hydroxylation is 1. The van der Waals surface area contributed by atoms with Gasteiger partial charge < -0.3 is 10.1 Å². The van der Waals surface area contributed by atoms with Crippen LogP contribution < -0.4 is 15.4 Å². The second kappa shape index (κ2) is 10.8. The molecule has 0 aliphatic heterocycles. The Kier molecular flexibility index (Phi) is 7.09. The first-order valence-corrected chi connectivity index (χ1v) is 12.6. The first-order chi connectivity index (χ1) is 18.0. The third-order valence-electron chi connectivity index (χ3n) is 6.16. The Balaban J connectivity index is 1.29. The number of nitrogens with zero attached hydrogens (tertiary/aromatic N) is 3. The van der Waals surface area contributed by atoms with Crippen molar-refractivity contribution < 1.29 is 9.53 Å². The van der Waals surface area contributed by atoms with Crippen molar-refractivity contribution in [3.05, 3.63) is 90.0 Å². The molecular weight excluding hydrogens is 482 g/mol. The molecule has 8 heteroatoms. The van der Waals surface area contributed by atoms with Gasteiger partial charge >= 0.3 is 0 Å². The summed E-state index contributed by atoms with van der Waals surface area (Å²) in [6.07, 6.45) is 3.43. The fourth-order valence-corrected chi connectivity index (χ4v) is 4.39. The lowest BCUT2D eigenvalue weighted by atomic mass is 10.1. The summed E-state index contributed by atoms with van der Waals surface area (Å²) in [5.74, 6) is 0.130. The normalized spacial score (nSPS) is 11.0. The van der Waals surface area contributed by atoms with Crippen molar-refractivity contribution in [1.29, 1.82) is 0 Å². The number of hydrogen-bond donors (Lipinski definition) is 2. The van der Waals surface area contributed by atoms with Crippen molar-refractivity contribution in [2.75, 3.05) is 12.4 Å². The number of amides is 1. The Morgan fingerprint density at radius 2 is 1.68 bits per heavy atom. The Labute approximate surface area is 220 Å². The van der Waals surface area contributed by atoms with Crippen LogP contribution in [0.3, 0.4) is 0 Å². The van der Waals surface area contributed by atoms with E-state index < -0.39 is 0 Å². The lowest BCUT2D eigenvalue weighted by Crippen LogP contribution is -2.34. The molecule has 4 aromatic carbocycles. The minimum atomic E-state index is -0.352. The van der Waals surface area contributed by atoms with Crippen LogP contribution in [0, 0.1) is 0 Å². The SMILES string of the molecule is CCCCc1ccc(-n2nc3ccc(NC(=S)NC(=O)c4cc5ccccc5cc4OC)cc3n2)cc1. The predicted octanol–water partition coefficient (Wildman–Crippen LogP) is 6.05. The quantitative estimate of drug-likeness (QED) is 0.260. The third kappa shape index (κ3) is 5.44. The molecule has 186 valence electrons. The van der Waals surface area contributed by atoms with Gasteiger partial charge in [0, 0.05) is 5.69 Å². The summed E-state index contributed by atoms with van der Waals surface area (Å²) >= 11 is 5.41. The maximum Gasteiger partial charge on any atom is 0.261 e. The molecule has 0 unspecified atom stereocenters. The number of aromatic nitrogens is 3. The highest BCUT2D eigenvalue weighted by molar-refractivity contribution is 7.80. The standard InChI is InChI=1S/C29H27N5O2S/c1-3-4-7-19-10-13-23(14-11-19)34-32-25-15-12-22(18-26(25)33-34)30-29(37)31-28(35)24-16-20-8-5-6-9-21(20)17-27(24)36-2/h5-6,8-18H,3-4,7H2,1-2H3,(H2,30,31,35,37). The highest BCUT2D eigenvalue weighted by Crippen LogP contribution is 2.26. The van der Waals surface area contributed by atoms with Crippen LogP contribution in [0.4, 0.5) is 5.69 Å². The maximum atomic E-state index is 13.0. The van der Waals surface area contributed by atoms with E-state index in [2.05, 4.69) is 39.9 Å². The van der Waals surface area contributed by atoms with Crippen molar-refractivity contribution in [1.82, 2.24) is 20.3 Å². The first-order valence-electron chi connectivity index (χ1n) is 12.2. The van der Waals surface area contributed by atoms with E-state index in [1.807, 2.05) is 60.7 Å². The van der Waals surface area contributed by atoms with E-state index in [0.717, 1.165) is 28.4 Å². The Morgan fingerprint density at radius 1 is 0.946 bits per heavy atom. The highest BCUT2D eigenvalue weighted by Gasteiger charge is 2.15. The number of unbranched alkanes of at least 4 members (excludes halogenated alkanes) is 1. The van der Waals surface area contributed by atoms with E-state index in [-0.39, 0.29) is 11.0 Å². The van der Waals surface area contributed by atoms with Gasteiger partial charge in [-0.2, -0.15) is 4.80 Å². The summed E-state index contributed by atoms with van der Waals surface area (Å²) in [6, 6.07) is 25.3. The van der Waals surface area contributed by atoms with Gasteiger partial charge in [0.05, 0.1) is 18.4 Å². The van der Waals surface area contributed by atoms with E-state index in [9.17, 15) is 4.79 Å². The predicted molar refractivity (Wildman–Crippen MR) is 152 cm³/mol. The topological polar surface area (TPSA) is 81.1 Å². The summed E-state index contributed by atoms with van der Waals surface area (Å²) in [7, 11) is 1.54. The maximum absolute atomic E-state index is 13.0. The van der Waals surface area contributed by atoms with Crippen LogP contribution in [0.1, 0.15) is 35.7 Å². The summed E-state index contributed by atoms with van der Waals surface area (Å²) in [4.78, 5) is 14.6. The zero-order valence-corrected chi connectivity index (χ0v) is 21.5. The van der Waals surface area contributed by atoms with Crippen molar-refractivity contribution in [2.45, 2.75) is 26.2 Å². The van der Waals surface area contributed by atoms with Crippen molar-refractivity contribution >= 4 is 50.7 Å². The molecule has 0 atom stereocenters. The van der Waals surface area contributed by atoms with Gasteiger partial charge in [0.2, 0.25) is 0 Å². The average Bonchev–Trinajstić information content (AvgIpc) is 3.34. The lowest BCUT2D eigenvalue weighted by molar-refractivity contribution is 0.0975. The number of thiocarbonyl (C=S) groups is 1. The van der Waals surface area contributed by atoms with Gasteiger partial charge in [0.25, 0.3) is 5.91 Å². The Bertz CT molecular complexity index is 1590. The van der Waals surface area contributed by atoms with Crippen LogP contribution in [0.5, 0.6) is 5.75 Å². The number of benzene rings is 4. The molecule has 5 aromatic rings. The molecule has 5 rings (SSSR count). The monoisotopic (exact) mass is 509 g/mol. The largest absolute Gasteiger partial charge is 0.496 e. The van der Waals surface area contributed by atoms with E-state index in [1.165, 1.54) is 18.4 Å². The second-order valence-electron chi connectivity index (χ2n) is 8.77.